The van der Waals surface area contributed by atoms with Gasteiger partial charge < -0.3 is 10.1 Å². The van der Waals surface area contributed by atoms with Crippen LogP contribution in [-0.4, -0.2) is 14.2 Å². The Morgan fingerprint density at radius 3 is 2.00 bits per heavy atom. The van der Waals surface area contributed by atoms with Crippen molar-refractivity contribution >= 4 is 5.69 Å². The van der Waals surface area contributed by atoms with Crippen LogP contribution in [0.2, 0.25) is 0 Å². The molecule has 0 atom stereocenters. The maximum atomic E-state index is 4.99. The van der Waals surface area contributed by atoms with Crippen LogP contribution in [0.4, 0.5) is 5.69 Å². The fraction of sp³-hybridized carbons (Fsp3) is 0.400. The van der Waals surface area contributed by atoms with Crippen LogP contribution in [0.25, 0.3) is 0 Å². The highest BCUT2D eigenvalue weighted by Crippen LogP contribution is 2.13. The van der Waals surface area contributed by atoms with Crippen LogP contribution in [0.3, 0.4) is 0 Å². The van der Waals surface area contributed by atoms with Gasteiger partial charge in [-0.3, -0.25) is 0 Å². The quantitative estimate of drug-likeness (QED) is 0.734. The average Bonchev–Trinajstić information content (AvgIpc) is 2.21. The van der Waals surface area contributed by atoms with Crippen LogP contribution in [0, 0.1) is 0 Å². The Hall–Kier alpha value is -1.18. The van der Waals surface area contributed by atoms with Gasteiger partial charge in [-0.05, 0) is 24.3 Å². The van der Waals surface area contributed by atoms with E-state index in [1.807, 2.05) is 45.2 Å². The first kappa shape index (κ1) is 10.8. The Kier molecular flexibility index (Phi) is 5.88. The lowest BCUT2D eigenvalue weighted by Gasteiger charge is -2.00. The fourth-order valence-electron chi connectivity index (χ4n) is 0.758. The molecule has 1 rings (SSSR count). The van der Waals surface area contributed by atoms with Crippen molar-refractivity contribution in [2.45, 2.75) is 13.8 Å². The summed E-state index contributed by atoms with van der Waals surface area (Å²) >= 11 is 0. The van der Waals surface area contributed by atoms with Gasteiger partial charge in [0.25, 0.3) is 0 Å². The Balaban J connectivity index is 0. The molecule has 0 bridgehead atoms. The van der Waals surface area contributed by atoms with Gasteiger partial charge in [-0.25, -0.2) is 0 Å². The molecule has 0 aliphatic carbocycles. The van der Waals surface area contributed by atoms with Crippen LogP contribution in [-0.2, 0) is 0 Å². The molecule has 0 aliphatic rings. The van der Waals surface area contributed by atoms with Crippen LogP contribution in [0.15, 0.2) is 24.3 Å². The fourth-order valence-corrected chi connectivity index (χ4v) is 0.758. The molecule has 0 radical (unpaired) electrons. The van der Waals surface area contributed by atoms with E-state index in [9.17, 15) is 0 Å². The first-order valence-electron chi connectivity index (χ1n) is 4.18. The van der Waals surface area contributed by atoms with E-state index >= 15 is 0 Å². The molecule has 0 saturated heterocycles. The van der Waals surface area contributed by atoms with E-state index in [0.717, 1.165) is 11.4 Å². The lowest BCUT2D eigenvalue weighted by atomic mass is 10.3. The molecule has 0 amide bonds. The van der Waals surface area contributed by atoms with Gasteiger partial charge in [0.05, 0.1) is 7.11 Å². The van der Waals surface area contributed by atoms with Gasteiger partial charge in [0.2, 0.25) is 0 Å². The van der Waals surface area contributed by atoms with Crippen molar-refractivity contribution in [3.63, 3.8) is 0 Å². The molecule has 2 nitrogen and oxygen atoms in total. The molecule has 0 unspecified atom stereocenters. The van der Waals surface area contributed by atoms with Crippen LogP contribution in [0.5, 0.6) is 5.75 Å². The lowest BCUT2D eigenvalue weighted by molar-refractivity contribution is 0.415. The minimum atomic E-state index is 0. The maximum absolute atomic E-state index is 4.99. The molecular weight excluding hydrogens is 150 g/mol. The van der Waals surface area contributed by atoms with E-state index in [2.05, 4.69) is 5.32 Å². The average molecular weight is 169 g/mol. The highest BCUT2D eigenvalue weighted by atomic mass is 16.5. The van der Waals surface area contributed by atoms with E-state index in [0.29, 0.717) is 0 Å². The number of methoxy groups -OCH3 is 1. The van der Waals surface area contributed by atoms with Crippen LogP contribution < -0.4 is 10.1 Å². The summed E-state index contributed by atoms with van der Waals surface area (Å²) in [6.07, 6.45) is 0. The molecule has 12 heavy (non-hydrogen) atoms. The van der Waals surface area contributed by atoms with Crippen molar-refractivity contribution in [1.29, 1.82) is 0 Å². The summed E-state index contributed by atoms with van der Waals surface area (Å²) in [4.78, 5) is 0. The van der Waals surface area contributed by atoms with E-state index < -0.39 is 0 Å². The normalized spacial score (nSPS) is 8.00. The second kappa shape index (κ2) is 6.53. The second-order valence-corrected chi connectivity index (χ2v) is 1.98. The highest BCUT2D eigenvalue weighted by molar-refractivity contribution is 5.45. The number of hydrogen-bond acceptors (Lipinski definition) is 2. The van der Waals surface area contributed by atoms with Gasteiger partial charge >= 0.3 is 0 Å². The Bertz CT molecular complexity index is 176. The second-order valence-electron chi connectivity index (χ2n) is 1.98. The number of ether oxygens (including phenoxy) is 1. The molecule has 70 valence electrons. The van der Waals surface area contributed by atoms with Gasteiger partial charge in [0.15, 0.2) is 0 Å². The van der Waals surface area contributed by atoms with Gasteiger partial charge in [-0.2, -0.15) is 0 Å². The van der Waals surface area contributed by atoms with E-state index in [1.54, 1.807) is 7.11 Å². The number of nitrogens with one attached hydrogen (secondary N) is 1. The summed E-state index contributed by atoms with van der Waals surface area (Å²) in [5, 5.41) is 3.02. The number of rotatable bonds is 2. The number of benzene rings is 1. The summed E-state index contributed by atoms with van der Waals surface area (Å²) < 4.78 is 4.99. The minimum Gasteiger partial charge on any atom is -0.497 e. The third-order valence-electron chi connectivity index (χ3n) is 1.38. The van der Waals surface area contributed by atoms with Gasteiger partial charge in [-0.15, -0.1) is 0 Å². The number of hydrogen-bond donors (Lipinski definition) is 1. The van der Waals surface area contributed by atoms with Gasteiger partial charge in [0, 0.05) is 14.2 Å². The minimum absolute atomic E-state index is 0. The smallest absolute Gasteiger partial charge is 0.119 e. The Morgan fingerprint density at radius 2 is 1.67 bits per heavy atom. The maximum Gasteiger partial charge on any atom is 0.119 e. The van der Waals surface area contributed by atoms with E-state index in [4.69, 9.17) is 4.74 Å². The largest absolute Gasteiger partial charge is 0.497 e. The molecule has 0 spiro atoms. The topological polar surface area (TPSA) is 21.3 Å². The summed E-state index contributed by atoms with van der Waals surface area (Å²) in [5.41, 5.74) is 1.10. The summed E-state index contributed by atoms with van der Waals surface area (Å²) in [5.74, 6) is 0.888. The van der Waals surface area contributed by atoms with Crippen LogP contribution >= 0.6 is 0 Å². The molecule has 2 heteroatoms. The SMILES string of the molecule is CC.CNc1ccc(OC)cc1.[HH]. The van der Waals surface area contributed by atoms with Crippen molar-refractivity contribution in [1.82, 2.24) is 0 Å². The third kappa shape index (κ3) is 3.28. The lowest BCUT2D eigenvalue weighted by Crippen LogP contribution is -1.87. The first-order chi connectivity index (χ1) is 5.86. The molecule has 0 aromatic heterocycles. The van der Waals surface area contributed by atoms with Crippen molar-refractivity contribution in [2.24, 2.45) is 0 Å². The number of anilines is 1. The van der Waals surface area contributed by atoms with Crippen molar-refractivity contribution < 1.29 is 6.16 Å². The zero-order valence-electron chi connectivity index (χ0n) is 8.22. The molecule has 0 heterocycles. The van der Waals surface area contributed by atoms with Crippen LogP contribution in [0.1, 0.15) is 15.3 Å². The molecule has 1 N–H and O–H groups in total. The van der Waals surface area contributed by atoms with Crippen molar-refractivity contribution in [2.75, 3.05) is 19.5 Å². The summed E-state index contributed by atoms with van der Waals surface area (Å²) in [6, 6.07) is 7.79. The standard InChI is InChI=1S/C8H11NO.C2H6.H2/c1-9-7-3-5-8(10-2)6-4-7;1-2;/h3-6,9H,1-2H3;1-2H3;1H. The zero-order chi connectivity index (χ0) is 9.40. The monoisotopic (exact) mass is 169 g/mol. The first-order valence-corrected chi connectivity index (χ1v) is 4.18. The molecule has 1 aromatic carbocycles. The molecule has 0 fully saturated rings. The summed E-state index contributed by atoms with van der Waals surface area (Å²) in [7, 11) is 3.55. The summed E-state index contributed by atoms with van der Waals surface area (Å²) in [6.45, 7) is 4.00. The molecule has 1 aromatic rings. The van der Waals surface area contributed by atoms with Crippen molar-refractivity contribution in [3.05, 3.63) is 24.3 Å². The predicted molar refractivity (Wildman–Crippen MR) is 56.0 cm³/mol. The van der Waals surface area contributed by atoms with Crippen molar-refractivity contribution in [3.8, 4) is 5.75 Å². The Morgan fingerprint density at radius 1 is 1.17 bits per heavy atom. The molecular formula is C10H19NO. The zero-order valence-corrected chi connectivity index (χ0v) is 8.22. The highest BCUT2D eigenvalue weighted by Gasteiger charge is 1.88. The molecule has 0 aliphatic heterocycles. The Labute approximate surface area is 76.0 Å². The van der Waals surface area contributed by atoms with Gasteiger partial charge in [-0.1, -0.05) is 13.8 Å². The van der Waals surface area contributed by atoms with E-state index in [-0.39, 0.29) is 1.43 Å². The van der Waals surface area contributed by atoms with E-state index in [1.165, 1.54) is 0 Å². The predicted octanol–water partition coefficient (Wildman–Crippen LogP) is 3.01. The third-order valence-corrected chi connectivity index (χ3v) is 1.38. The van der Waals surface area contributed by atoms with Gasteiger partial charge in [0.1, 0.15) is 5.75 Å². The molecule has 0 saturated carbocycles.